The normalized spacial score (nSPS) is 17.1. The summed E-state index contributed by atoms with van der Waals surface area (Å²) < 4.78 is 10.8. The smallest absolute Gasteiger partial charge is 0.233 e. The third-order valence-electron chi connectivity index (χ3n) is 1.87. The van der Waals surface area contributed by atoms with Gasteiger partial charge in [-0.05, 0) is 19.8 Å². The van der Waals surface area contributed by atoms with Gasteiger partial charge >= 0.3 is 0 Å². The van der Waals surface area contributed by atoms with E-state index in [-0.39, 0.29) is 16.8 Å². The minimum atomic E-state index is -0.776. The van der Waals surface area contributed by atoms with Crippen LogP contribution in [0.4, 0.5) is 0 Å². The first-order chi connectivity index (χ1) is 6.47. The highest BCUT2D eigenvalue weighted by molar-refractivity contribution is 9.10. The number of hydrogen-bond donors (Lipinski definition) is 1. The first-order valence-electron chi connectivity index (χ1n) is 4.71. The molecule has 0 aliphatic rings. The molecule has 0 radical (unpaired) electrons. The van der Waals surface area contributed by atoms with Crippen molar-refractivity contribution >= 4 is 32.6 Å². The van der Waals surface area contributed by atoms with Crippen LogP contribution in [0.2, 0.25) is 0 Å². The van der Waals surface area contributed by atoms with Crippen molar-refractivity contribution in [2.45, 2.75) is 37.6 Å². The van der Waals surface area contributed by atoms with Gasteiger partial charge in [-0.1, -0.05) is 22.9 Å². The third kappa shape index (κ3) is 6.54. The Hall–Kier alpha value is 0.1000. The molecule has 0 rings (SSSR count). The molecule has 0 spiro atoms. The zero-order valence-corrected chi connectivity index (χ0v) is 11.3. The minimum absolute atomic E-state index is 0.0156. The van der Waals surface area contributed by atoms with Crippen molar-refractivity contribution < 1.29 is 9.00 Å². The Morgan fingerprint density at radius 3 is 2.57 bits per heavy atom. The number of rotatable bonds is 6. The standard InChI is InChI=1S/C9H18BrNO2S/c1-4-8(10)9(12)11-7(2)5-6-14(3)13/h7-8H,4-6H2,1-3H3,(H,11,12). The van der Waals surface area contributed by atoms with E-state index in [4.69, 9.17) is 0 Å². The lowest BCUT2D eigenvalue weighted by atomic mass is 10.2. The van der Waals surface area contributed by atoms with Crippen LogP contribution in [-0.4, -0.2) is 33.0 Å². The van der Waals surface area contributed by atoms with Crippen molar-refractivity contribution in [2.24, 2.45) is 0 Å². The molecule has 1 amide bonds. The number of hydrogen-bond acceptors (Lipinski definition) is 2. The van der Waals surface area contributed by atoms with Crippen molar-refractivity contribution in [3.8, 4) is 0 Å². The zero-order chi connectivity index (χ0) is 11.1. The molecule has 0 aromatic heterocycles. The van der Waals surface area contributed by atoms with E-state index in [1.165, 1.54) is 0 Å². The fraction of sp³-hybridized carbons (Fsp3) is 0.889. The van der Waals surface area contributed by atoms with Crippen LogP contribution in [0, 0.1) is 0 Å². The molecule has 3 unspecified atom stereocenters. The van der Waals surface area contributed by atoms with E-state index in [2.05, 4.69) is 21.2 Å². The molecule has 84 valence electrons. The highest BCUT2D eigenvalue weighted by Gasteiger charge is 2.14. The number of alkyl halides is 1. The van der Waals surface area contributed by atoms with Gasteiger partial charge in [0.15, 0.2) is 0 Å². The summed E-state index contributed by atoms with van der Waals surface area (Å²) >= 11 is 3.28. The van der Waals surface area contributed by atoms with Crippen molar-refractivity contribution in [1.82, 2.24) is 5.32 Å². The van der Waals surface area contributed by atoms with Crippen LogP contribution in [0.5, 0.6) is 0 Å². The summed E-state index contributed by atoms with van der Waals surface area (Å²) in [6, 6.07) is 0.0954. The van der Waals surface area contributed by atoms with Gasteiger partial charge < -0.3 is 5.32 Å². The second-order valence-electron chi connectivity index (χ2n) is 3.35. The largest absolute Gasteiger partial charge is 0.353 e. The van der Waals surface area contributed by atoms with Crippen LogP contribution in [0.1, 0.15) is 26.7 Å². The van der Waals surface area contributed by atoms with Gasteiger partial charge in [0.05, 0.1) is 4.83 Å². The highest BCUT2D eigenvalue weighted by atomic mass is 79.9. The van der Waals surface area contributed by atoms with E-state index in [1.54, 1.807) is 6.26 Å². The molecule has 1 N–H and O–H groups in total. The second-order valence-corrected chi connectivity index (χ2v) is 6.01. The van der Waals surface area contributed by atoms with E-state index < -0.39 is 10.8 Å². The predicted octanol–water partition coefficient (Wildman–Crippen LogP) is 1.43. The topological polar surface area (TPSA) is 46.2 Å². The van der Waals surface area contributed by atoms with E-state index in [1.807, 2.05) is 13.8 Å². The first-order valence-corrected chi connectivity index (χ1v) is 7.36. The number of nitrogens with one attached hydrogen (secondary N) is 1. The Kier molecular flexibility index (Phi) is 7.45. The molecule has 14 heavy (non-hydrogen) atoms. The van der Waals surface area contributed by atoms with Gasteiger partial charge in [-0.25, -0.2) is 0 Å². The molecule has 0 saturated heterocycles. The van der Waals surface area contributed by atoms with Gasteiger partial charge in [-0.15, -0.1) is 0 Å². The summed E-state index contributed by atoms with van der Waals surface area (Å²) in [6.45, 7) is 3.88. The van der Waals surface area contributed by atoms with Crippen LogP contribution in [0.25, 0.3) is 0 Å². The van der Waals surface area contributed by atoms with Gasteiger partial charge in [0.25, 0.3) is 0 Å². The molecule has 0 fully saturated rings. The SMILES string of the molecule is CCC(Br)C(=O)NC(C)CCS(C)=O. The number of amides is 1. The molecule has 0 aliphatic heterocycles. The fourth-order valence-electron chi connectivity index (χ4n) is 0.934. The fourth-order valence-corrected chi connectivity index (χ4v) is 1.75. The van der Waals surface area contributed by atoms with Crippen LogP contribution in [0.15, 0.2) is 0 Å². The Labute approximate surface area is 96.6 Å². The lowest BCUT2D eigenvalue weighted by Crippen LogP contribution is -2.38. The number of carbonyl (C=O) groups is 1. The lowest BCUT2D eigenvalue weighted by Gasteiger charge is -2.15. The first kappa shape index (κ1) is 14.1. The second kappa shape index (κ2) is 7.40. The molecule has 0 aromatic carbocycles. The molecule has 5 heteroatoms. The van der Waals surface area contributed by atoms with Crippen molar-refractivity contribution in [1.29, 1.82) is 0 Å². The highest BCUT2D eigenvalue weighted by Crippen LogP contribution is 2.05. The predicted molar refractivity (Wildman–Crippen MR) is 64.2 cm³/mol. The van der Waals surface area contributed by atoms with Crippen molar-refractivity contribution in [3.05, 3.63) is 0 Å². The summed E-state index contributed by atoms with van der Waals surface area (Å²) in [5.41, 5.74) is 0. The van der Waals surface area contributed by atoms with Crippen LogP contribution in [-0.2, 0) is 15.6 Å². The maximum absolute atomic E-state index is 11.4. The maximum Gasteiger partial charge on any atom is 0.233 e. The molecule has 0 bridgehead atoms. The zero-order valence-electron chi connectivity index (χ0n) is 8.88. The van der Waals surface area contributed by atoms with Gasteiger partial charge in [0.2, 0.25) is 5.91 Å². The summed E-state index contributed by atoms with van der Waals surface area (Å²) in [7, 11) is -0.776. The molecular formula is C9H18BrNO2S. The van der Waals surface area contributed by atoms with Crippen LogP contribution in [0.3, 0.4) is 0 Å². The molecular weight excluding hydrogens is 266 g/mol. The van der Waals surface area contributed by atoms with Crippen molar-refractivity contribution in [2.75, 3.05) is 12.0 Å². The molecule has 3 nitrogen and oxygen atoms in total. The molecule has 3 atom stereocenters. The van der Waals surface area contributed by atoms with E-state index in [0.717, 1.165) is 12.8 Å². The summed E-state index contributed by atoms with van der Waals surface area (Å²) in [4.78, 5) is 11.3. The van der Waals surface area contributed by atoms with E-state index in [9.17, 15) is 9.00 Å². The van der Waals surface area contributed by atoms with Crippen molar-refractivity contribution in [3.63, 3.8) is 0 Å². The van der Waals surface area contributed by atoms with Gasteiger partial charge in [0.1, 0.15) is 0 Å². The van der Waals surface area contributed by atoms with E-state index >= 15 is 0 Å². The summed E-state index contributed by atoms with van der Waals surface area (Å²) in [6.07, 6.45) is 3.21. The number of halogens is 1. The summed E-state index contributed by atoms with van der Waals surface area (Å²) in [5, 5.41) is 2.87. The number of carbonyl (C=O) groups excluding carboxylic acids is 1. The molecule has 0 heterocycles. The maximum atomic E-state index is 11.4. The lowest BCUT2D eigenvalue weighted by molar-refractivity contribution is -0.121. The van der Waals surface area contributed by atoms with Gasteiger partial charge in [0, 0.05) is 28.9 Å². The average Bonchev–Trinajstić information content (AvgIpc) is 2.13. The monoisotopic (exact) mass is 283 g/mol. The molecule has 0 aliphatic carbocycles. The van der Waals surface area contributed by atoms with Crippen LogP contribution < -0.4 is 5.32 Å². The summed E-state index contributed by atoms with van der Waals surface area (Å²) in [5.74, 6) is 0.655. The third-order valence-corrected chi connectivity index (χ3v) is 3.74. The Balaban J connectivity index is 3.76. The van der Waals surface area contributed by atoms with Gasteiger partial charge in [-0.3, -0.25) is 9.00 Å². The Morgan fingerprint density at radius 1 is 1.57 bits per heavy atom. The average molecular weight is 284 g/mol. The van der Waals surface area contributed by atoms with E-state index in [0.29, 0.717) is 5.75 Å². The molecule has 0 saturated carbocycles. The Bertz CT molecular complexity index is 211. The van der Waals surface area contributed by atoms with Gasteiger partial charge in [-0.2, -0.15) is 0 Å². The minimum Gasteiger partial charge on any atom is -0.353 e. The molecule has 0 aromatic rings. The quantitative estimate of drug-likeness (QED) is 0.750. The Morgan fingerprint density at radius 2 is 2.14 bits per heavy atom. The van der Waals surface area contributed by atoms with Crippen LogP contribution >= 0.6 is 15.9 Å².